The maximum Gasteiger partial charge on any atom is 0.158 e. The third-order valence-corrected chi connectivity index (χ3v) is 9.34. The van der Waals surface area contributed by atoms with E-state index in [2.05, 4.69) is 31.7 Å². The number of methoxy groups -OCH3 is 1. The molecule has 3 N–H and O–H groups in total. The number of piperidine rings is 1. The van der Waals surface area contributed by atoms with Gasteiger partial charge in [-0.15, -0.1) is 0 Å². The highest BCUT2D eigenvalue weighted by atomic mass is 35.5. The number of amidine groups is 1. The molecule has 3 fully saturated rings. The topological polar surface area (TPSA) is 114 Å². The Morgan fingerprint density at radius 3 is 2.64 bits per heavy atom. The zero-order chi connectivity index (χ0) is 31.3. The fourth-order valence-corrected chi connectivity index (χ4v) is 6.63. The molecule has 0 saturated carbocycles. The largest absolute Gasteiger partial charge is 0.494 e. The highest BCUT2D eigenvalue weighted by Gasteiger charge is 2.32. The molecule has 13 heteroatoms. The van der Waals surface area contributed by atoms with E-state index >= 15 is 0 Å². The van der Waals surface area contributed by atoms with Crippen molar-refractivity contribution in [3.05, 3.63) is 71.0 Å². The summed E-state index contributed by atoms with van der Waals surface area (Å²) >= 11 is 12.9. The van der Waals surface area contributed by atoms with Crippen LogP contribution in [0.25, 0.3) is 0 Å². The van der Waals surface area contributed by atoms with E-state index in [0.29, 0.717) is 57.3 Å². The molecular weight excluding hydrogens is 615 g/mol. The van der Waals surface area contributed by atoms with Crippen molar-refractivity contribution in [3.8, 4) is 5.75 Å². The lowest BCUT2D eigenvalue weighted by Crippen LogP contribution is -2.49. The molecule has 2 aromatic carbocycles. The minimum absolute atomic E-state index is 0.150. The van der Waals surface area contributed by atoms with Gasteiger partial charge in [0.1, 0.15) is 23.7 Å². The Balaban J connectivity index is 1.25. The summed E-state index contributed by atoms with van der Waals surface area (Å²) in [7, 11) is 1.65. The molecule has 0 amide bonds. The van der Waals surface area contributed by atoms with E-state index in [4.69, 9.17) is 48.2 Å². The Morgan fingerprint density at radius 1 is 1.09 bits per heavy atom. The molecule has 3 aliphatic heterocycles. The number of halogens is 2. The number of hydrogen-bond acceptors (Lipinski definition) is 10. The highest BCUT2D eigenvalue weighted by molar-refractivity contribution is 6.42. The van der Waals surface area contributed by atoms with Crippen LogP contribution in [-0.4, -0.2) is 79.9 Å². The summed E-state index contributed by atoms with van der Waals surface area (Å²) in [5.41, 5.74) is 9.38. The van der Waals surface area contributed by atoms with Gasteiger partial charge in [0, 0.05) is 50.8 Å². The van der Waals surface area contributed by atoms with E-state index in [1.54, 1.807) is 24.3 Å². The number of nitrogens with one attached hydrogen (secondary N) is 1. The summed E-state index contributed by atoms with van der Waals surface area (Å²) in [6, 6.07) is 11.8. The lowest BCUT2D eigenvalue weighted by molar-refractivity contribution is 0.0115. The molecule has 0 bridgehead atoms. The molecule has 6 rings (SSSR count). The number of nitrogens with two attached hydrogens (primary N) is 1. The number of hydrogen-bond donors (Lipinski definition) is 2. The first kappa shape index (κ1) is 31.4. The van der Waals surface area contributed by atoms with Crippen LogP contribution in [-0.2, 0) is 9.57 Å². The number of morpholine rings is 1. The van der Waals surface area contributed by atoms with Crippen LogP contribution in [0.5, 0.6) is 5.75 Å². The number of aromatic nitrogens is 2. The lowest BCUT2D eigenvalue weighted by Gasteiger charge is -2.41. The van der Waals surface area contributed by atoms with Gasteiger partial charge in [-0.2, -0.15) is 0 Å². The summed E-state index contributed by atoms with van der Waals surface area (Å²) < 4.78 is 11.4. The Labute approximate surface area is 273 Å². The van der Waals surface area contributed by atoms with Crippen molar-refractivity contribution in [1.29, 1.82) is 0 Å². The summed E-state index contributed by atoms with van der Waals surface area (Å²) in [6.45, 7) is 9.72. The van der Waals surface area contributed by atoms with Crippen LogP contribution < -0.4 is 25.8 Å². The third-order valence-electron chi connectivity index (χ3n) is 8.51. The SMILES string of the molecule is C=CC(N)=Nc1cc(Nc2cc(N3OCC[C@@H]3c3cccc(Cl)c3Cl)ncn2)c(OC)cc1N1CCC(N2CCOCC2)CC1. The molecular formula is C32H38Cl2N8O3. The maximum absolute atomic E-state index is 6.56. The number of benzene rings is 2. The maximum atomic E-state index is 6.56. The van der Waals surface area contributed by atoms with Crippen molar-refractivity contribution in [2.24, 2.45) is 10.7 Å². The average Bonchev–Trinajstić information content (AvgIpc) is 3.57. The molecule has 0 aliphatic carbocycles. The van der Waals surface area contributed by atoms with Gasteiger partial charge in [0.05, 0.1) is 60.1 Å². The van der Waals surface area contributed by atoms with Gasteiger partial charge >= 0.3 is 0 Å². The van der Waals surface area contributed by atoms with Crippen LogP contribution in [0.1, 0.15) is 30.9 Å². The highest BCUT2D eigenvalue weighted by Crippen LogP contribution is 2.42. The Bertz CT molecular complexity index is 1540. The number of hydroxylamine groups is 1. The lowest BCUT2D eigenvalue weighted by atomic mass is 10.0. The van der Waals surface area contributed by atoms with Gasteiger partial charge in [-0.3, -0.25) is 9.74 Å². The Morgan fingerprint density at radius 2 is 1.89 bits per heavy atom. The van der Waals surface area contributed by atoms with E-state index in [-0.39, 0.29) is 6.04 Å². The normalized spacial score (nSPS) is 20.0. The second-order valence-corrected chi connectivity index (χ2v) is 11.9. The van der Waals surface area contributed by atoms with Gasteiger partial charge in [0.2, 0.25) is 0 Å². The van der Waals surface area contributed by atoms with Crippen LogP contribution in [0.15, 0.2) is 60.4 Å². The summed E-state index contributed by atoms with van der Waals surface area (Å²) in [5.74, 6) is 2.11. The second kappa shape index (κ2) is 14.2. The van der Waals surface area contributed by atoms with E-state index in [0.717, 1.165) is 69.9 Å². The van der Waals surface area contributed by atoms with Crippen LogP contribution in [0.4, 0.5) is 28.7 Å². The quantitative estimate of drug-likeness (QED) is 0.214. The van der Waals surface area contributed by atoms with Crippen molar-refractivity contribution >= 4 is 57.7 Å². The third kappa shape index (κ3) is 6.97. The van der Waals surface area contributed by atoms with E-state index < -0.39 is 0 Å². The predicted molar refractivity (Wildman–Crippen MR) is 180 cm³/mol. The number of anilines is 4. The van der Waals surface area contributed by atoms with Gasteiger partial charge in [-0.05, 0) is 36.6 Å². The standard InChI is InChI=1S/C32H38Cl2N8O3/c1-3-29(35)38-24-17-25(28(43-2)18-27(24)41-10-7-21(8-11-41)40-12-15-44-16-13-40)39-30-19-31(37-20-36-30)42-26(9-14-45-42)22-5-4-6-23(33)32(22)34/h3-6,17-21,26H,1,7-16H2,2H3,(H2,35,38)(H,36,37,39)/t26-/m1/s1. The molecule has 3 saturated heterocycles. The van der Waals surface area contributed by atoms with Crippen molar-refractivity contribution in [3.63, 3.8) is 0 Å². The molecule has 238 valence electrons. The van der Waals surface area contributed by atoms with Gasteiger partial charge in [-0.25, -0.2) is 20.0 Å². The van der Waals surface area contributed by atoms with Gasteiger partial charge < -0.3 is 25.4 Å². The zero-order valence-electron chi connectivity index (χ0n) is 25.3. The minimum Gasteiger partial charge on any atom is -0.494 e. The first-order chi connectivity index (χ1) is 21.9. The molecule has 0 spiro atoms. The van der Waals surface area contributed by atoms with E-state index in [1.807, 2.05) is 30.3 Å². The van der Waals surface area contributed by atoms with Crippen molar-refractivity contribution < 1.29 is 14.3 Å². The first-order valence-corrected chi connectivity index (χ1v) is 15.9. The smallest absolute Gasteiger partial charge is 0.158 e. The van der Waals surface area contributed by atoms with E-state index in [1.165, 1.54) is 6.33 Å². The number of aliphatic imine (C=N–C) groups is 1. The fourth-order valence-electron chi connectivity index (χ4n) is 6.20. The fraction of sp³-hybridized carbons (Fsp3) is 0.406. The molecule has 1 atom stereocenters. The van der Waals surface area contributed by atoms with Crippen molar-refractivity contribution in [1.82, 2.24) is 14.9 Å². The van der Waals surface area contributed by atoms with Gasteiger partial charge in [0.25, 0.3) is 0 Å². The molecule has 3 aliphatic rings. The Hall–Kier alpha value is -3.61. The second-order valence-electron chi connectivity index (χ2n) is 11.1. The van der Waals surface area contributed by atoms with Gasteiger partial charge in [-0.1, -0.05) is 41.9 Å². The predicted octanol–water partition coefficient (Wildman–Crippen LogP) is 5.89. The molecule has 3 aromatic rings. The summed E-state index contributed by atoms with van der Waals surface area (Å²) in [5, 5.41) is 6.16. The van der Waals surface area contributed by atoms with E-state index in [9.17, 15) is 0 Å². The molecule has 1 aromatic heterocycles. The molecule has 11 nitrogen and oxygen atoms in total. The first-order valence-electron chi connectivity index (χ1n) is 15.2. The minimum atomic E-state index is -0.150. The number of nitrogens with zero attached hydrogens (tertiary/aromatic N) is 6. The summed E-state index contributed by atoms with van der Waals surface area (Å²) in [6.07, 6.45) is 5.89. The average molecular weight is 654 g/mol. The number of rotatable bonds is 9. The zero-order valence-corrected chi connectivity index (χ0v) is 26.8. The van der Waals surface area contributed by atoms with Crippen molar-refractivity contribution in [2.75, 3.05) is 68.4 Å². The number of ether oxygens (including phenoxy) is 2. The molecule has 4 heterocycles. The molecule has 45 heavy (non-hydrogen) atoms. The Kier molecular flexibility index (Phi) is 9.91. The van der Waals surface area contributed by atoms with Crippen molar-refractivity contribution in [2.45, 2.75) is 31.3 Å². The monoisotopic (exact) mass is 652 g/mol. The molecule has 0 unspecified atom stereocenters. The van der Waals surface area contributed by atoms with Crippen LogP contribution in [0.3, 0.4) is 0 Å². The van der Waals surface area contributed by atoms with Crippen LogP contribution >= 0.6 is 23.2 Å². The van der Waals surface area contributed by atoms with Crippen LogP contribution in [0.2, 0.25) is 10.0 Å². The molecule has 0 radical (unpaired) electrons. The summed E-state index contributed by atoms with van der Waals surface area (Å²) in [4.78, 5) is 24.6. The van der Waals surface area contributed by atoms with Crippen LogP contribution in [0, 0.1) is 0 Å². The van der Waals surface area contributed by atoms with Gasteiger partial charge in [0.15, 0.2) is 5.82 Å².